The zero-order valence-electron chi connectivity index (χ0n) is 8.36. The Hall–Kier alpha value is -1.38. The van der Waals surface area contributed by atoms with Crippen LogP contribution >= 0.6 is 0 Å². The minimum absolute atomic E-state index is 0.228. The lowest BCUT2D eigenvalue weighted by Gasteiger charge is -2.05. The van der Waals surface area contributed by atoms with Crippen molar-refractivity contribution in [1.82, 2.24) is 9.55 Å². The van der Waals surface area contributed by atoms with Gasteiger partial charge in [-0.05, 0) is 24.5 Å². The zero-order valence-corrected chi connectivity index (χ0v) is 8.36. The number of aryl methyl sites for hydroxylation is 1. The molecular weight excluding hydrogens is 176 g/mol. The first-order valence-corrected chi connectivity index (χ1v) is 5.06. The summed E-state index contributed by atoms with van der Waals surface area (Å²) in [7, 11) is 0. The van der Waals surface area contributed by atoms with E-state index in [0.717, 1.165) is 30.8 Å². The van der Waals surface area contributed by atoms with Gasteiger partial charge in [0, 0.05) is 25.4 Å². The standard InChI is InChI=1S/C11H14N2O/c1-2-6-13-7-5-12-11(13)9-3-4-10(14)8-9/h5,7-8H,2-4,6H2,1H3. The van der Waals surface area contributed by atoms with Crippen molar-refractivity contribution in [2.24, 2.45) is 0 Å². The van der Waals surface area contributed by atoms with E-state index in [1.807, 2.05) is 6.20 Å². The van der Waals surface area contributed by atoms with Gasteiger partial charge in [0.05, 0.1) is 0 Å². The first-order chi connectivity index (χ1) is 6.81. The van der Waals surface area contributed by atoms with E-state index < -0.39 is 0 Å². The SMILES string of the molecule is CCCn1ccnc1C1=CC(=O)CC1. The molecule has 0 aromatic carbocycles. The van der Waals surface area contributed by atoms with Crippen LogP contribution in [-0.4, -0.2) is 15.3 Å². The molecule has 74 valence electrons. The van der Waals surface area contributed by atoms with Gasteiger partial charge in [-0.1, -0.05) is 6.92 Å². The molecule has 0 bridgehead atoms. The van der Waals surface area contributed by atoms with E-state index in [-0.39, 0.29) is 5.78 Å². The number of hydrogen-bond donors (Lipinski definition) is 0. The van der Waals surface area contributed by atoms with E-state index in [4.69, 9.17) is 0 Å². The van der Waals surface area contributed by atoms with Crippen LogP contribution in [0.1, 0.15) is 32.0 Å². The molecule has 0 spiro atoms. The second-order valence-corrected chi connectivity index (χ2v) is 3.58. The van der Waals surface area contributed by atoms with Gasteiger partial charge in [0.1, 0.15) is 5.82 Å². The van der Waals surface area contributed by atoms with E-state index >= 15 is 0 Å². The summed E-state index contributed by atoms with van der Waals surface area (Å²) in [5, 5.41) is 0. The number of imidazole rings is 1. The normalized spacial score (nSPS) is 16.1. The van der Waals surface area contributed by atoms with Crippen molar-refractivity contribution in [2.45, 2.75) is 32.7 Å². The number of allylic oxidation sites excluding steroid dienone is 2. The van der Waals surface area contributed by atoms with Crippen molar-refractivity contribution in [2.75, 3.05) is 0 Å². The zero-order chi connectivity index (χ0) is 9.97. The number of hydrogen-bond acceptors (Lipinski definition) is 2. The number of rotatable bonds is 3. The summed E-state index contributed by atoms with van der Waals surface area (Å²) >= 11 is 0. The highest BCUT2D eigenvalue weighted by atomic mass is 16.1. The molecule has 1 aliphatic rings. The summed E-state index contributed by atoms with van der Waals surface area (Å²) in [6.07, 6.45) is 8.09. The lowest BCUT2D eigenvalue weighted by molar-refractivity contribution is -0.114. The Labute approximate surface area is 83.5 Å². The van der Waals surface area contributed by atoms with Crippen LogP contribution in [0.3, 0.4) is 0 Å². The molecule has 2 rings (SSSR count). The molecule has 1 aliphatic carbocycles. The summed E-state index contributed by atoms with van der Waals surface area (Å²) in [6.45, 7) is 3.11. The number of nitrogens with zero attached hydrogens (tertiary/aromatic N) is 2. The topological polar surface area (TPSA) is 34.9 Å². The van der Waals surface area contributed by atoms with Crippen LogP contribution in [0.2, 0.25) is 0 Å². The van der Waals surface area contributed by atoms with E-state index in [9.17, 15) is 4.79 Å². The number of carbonyl (C=O) groups excluding carboxylic acids is 1. The van der Waals surface area contributed by atoms with E-state index in [1.165, 1.54) is 0 Å². The Morgan fingerprint density at radius 1 is 1.50 bits per heavy atom. The van der Waals surface area contributed by atoms with Crippen molar-refractivity contribution in [1.29, 1.82) is 0 Å². The third-order valence-electron chi connectivity index (χ3n) is 2.44. The lowest BCUT2D eigenvalue weighted by Crippen LogP contribution is -2.00. The first-order valence-electron chi connectivity index (χ1n) is 5.06. The van der Waals surface area contributed by atoms with Gasteiger partial charge in [0.15, 0.2) is 5.78 Å². The first kappa shape index (κ1) is 9.19. The van der Waals surface area contributed by atoms with Gasteiger partial charge in [-0.3, -0.25) is 4.79 Å². The number of ketones is 1. The molecule has 0 radical (unpaired) electrons. The molecule has 1 aromatic rings. The maximum Gasteiger partial charge on any atom is 0.156 e. The van der Waals surface area contributed by atoms with Crippen LogP contribution in [0, 0.1) is 0 Å². The van der Waals surface area contributed by atoms with Gasteiger partial charge in [0.25, 0.3) is 0 Å². The molecule has 0 saturated heterocycles. The van der Waals surface area contributed by atoms with Crippen LogP contribution in [0.4, 0.5) is 0 Å². The van der Waals surface area contributed by atoms with Gasteiger partial charge in [-0.25, -0.2) is 4.98 Å². The van der Waals surface area contributed by atoms with Gasteiger partial charge >= 0.3 is 0 Å². The quantitative estimate of drug-likeness (QED) is 0.731. The maximum absolute atomic E-state index is 11.1. The van der Waals surface area contributed by atoms with Crippen molar-refractivity contribution >= 4 is 11.4 Å². The van der Waals surface area contributed by atoms with Crippen LogP contribution in [-0.2, 0) is 11.3 Å². The van der Waals surface area contributed by atoms with Crippen molar-refractivity contribution < 1.29 is 4.79 Å². The average molecular weight is 190 g/mol. The van der Waals surface area contributed by atoms with Crippen molar-refractivity contribution in [3.8, 4) is 0 Å². The van der Waals surface area contributed by atoms with E-state index in [0.29, 0.717) is 6.42 Å². The fraction of sp³-hybridized carbons (Fsp3) is 0.455. The molecule has 0 aliphatic heterocycles. The molecule has 0 amide bonds. The third-order valence-corrected chi connectivity index (χ3v) is 2.44. The van der Waals surface area contributed by atoms with Crippen LogP contribution in [0.15, 0.2) is 18.5 Å². The summed E-state index contributed by atoms with van der Waals surface area (Å²) in [5.41, 5.74) is 1.09. The van der Waals surface area contributed by atoms with Gasteiger partial charge in [-0.15, -0.1) is 0 Å². The molecule has 1 heterocycles. The highest BCUT2D eigenvalue weighted by Crippen LogP contribution is 2.24. The van der Waals surface area contributed by atoms with E-state index in [2.05, 4.69) is 16.5 Å². The summed E-state index contributed by atoms with van der Waals surface area (Å²) in [4.78, 5) is 15.4. The molecule has 3 heteroatoms. The Morgan fingerprint density at radius 2 is 2.36 bits per heavy atom. The second-order valence-electron chi connectivity index (χ2n) is 3.58. The molecule has 14 heavy (non-hydrogen) atoms. The Kier molecular flexibility index (Phi) is 2.48. The minimum atomic E-state index is 0.228. The molecule has 0 saturated carbocycles. The number of carbonyl (C=O) groups is 1. The fourth-order valence-electron chi connectivity index (χ4n) is 1.79. The fourth-order valence-corrected chi connectivity index (χ4v) is 1.79. The molecule has 0 N–H and O–H groups in total. The summed E-state index contributed by atoms with van der Waals surface area (Å²) < 4.78 is 2.12. The Morgan fingerprint density at radius 3 is 3.00 bits per heavy atom. The lowest BCUT2D eigenvalue weighted by atomic mass is 10.2. The molecule has 1 aromatic heterocycles. The predicted molar refractivity (Wildman–Crippen MR) is 54.7 cm³/mol. The largest absolute Gasteiger partial charge is 0.331 e. The Bertz CT molecular complexity index is 376. The molecule has 0 atom stereocenters. The van der Waals surface area contributed by atoms with Crippen LogP contribution < -0.4 is 0 Å². The highest BCUT2D eigenvalue weighted by molar-refractivity contribution is 6.00. The van der Waals surface area contributed by atoms with Crippen molar-refractivity contribution in [3.63, 3.8) is 0 Å². The smallest absolute Gasteiger partial charge is 0.156 e. The molecule has 0 fully saturated rings. The summed E-state index contributed by atoms with van der Waals surface area (Å²) in [6, 6.07) is 0. The van der Waals surface area contributed by atoms with Gasteiger partial charge < -0.3 is 4.57 Å². The minimum Gasteiger partial charge on any atom is -0.331 e. The molecular formula is C11H14N2O. The monoisotopic (exact) mass is 190 g/mol. The average Bonchev–Trinajstić information content (AvgIpc) is 2.74. The maximum atomic E-state index is 11.1. The third kappa shape index (κ3) is 1.62. The van der Waals surface area contributed by atoms with Gasteiger partial charge in [0.2, 0.25) is 0 Å². The highest BCUT2D eigenvalue weighted by Gasteiger charge is 2.16. The Balaban J connectivity index is 2.27. The summed E-state index contributed by atoms with van der Waals surface area (Å²) in [5.74, 6) is 1.20. The van der Waals surface area contributed by atoms with Gasteiger partial charge in [-0.2, -0.15) is 0 Å². The molecule has 0 unspecified atom stereocenters. The second kappa shape index (κ2) is 3.78. The predicted octanol–water partition coefficient (Wildman–Crippen LogP) is 2.04. The van der Waals surface area contributed by atoms with Crippen molar-refractivity contribution in [3.05, 3.63) is 24.3 Å². The van der Waals surface area contributed by atoms with Crippen LogP contribution in [0.5, 0.6) is 0 Å². The molecule has 3 nitrogen and oxygen atoms in total. The van der Waals surface area contributed by atoms with E-state index in [1.54, 1.807) is 12.3 Å². The number of aromatic nitrogens is 2. The van der Waals surface area contributed by atoms with Crippen LogP contribution in [0.25, 0.3) is 5.57 Å².